The number of aryl methyl sites for hydroxylation is 1. The molecule has 2 atom stereocenters. The number of halogens is 1. The van der Waals surface area contributed by atoms with E-state index in [4.69, 9.17) is 16.3 Å². The molecule has 3 heterocycles. The Morgan fingerprint density at radius 3 is 2.56 bits per heavy atom. The van der Waals surface area contributed by atoms with Crippen LogP contribution in [0.3, 0.4) is 0 Å². The van der Waals surface area contributed by atoms with E-state index in [1.807, 2.05) is 30.3 Å². The zero-order valence-corrected chi connectivity index (χ0v) is 21.1. The summed E-state index contributed by atoms with van der Waals surface area (Å²) in [6.07, 6.45) is 1.02. The Bertz CT molecular complexity index is 1100. The van der Waals surface area contributed by atoms with Crippen LogP contribution in [-0.2, 0) is 37.2 Å². The van der Waals surface area contributed by atoms with Gasteiger partial charge in [-0.15, -0.1) is 11.3 Å². The molecule has 4 rings (SSSR count). The number of sulfonamides is 1. The first-order chi connectivity index (χ1) is 16.3. The van der Waals surface area contributed by atoms with Gasteiger partial charge >= 0.3 is 0 Å². The number of thiophene rings is 1. The van der Waals surface area contributed by atoms with Gasteiger partial charge in [-0.3, -0.25) is 9.59 Å². The maximum atomic E-state index is 13.4. The Morgan fingerprint density at radius 2 is 1.88 bits per heavy atom. The fraction of sp³-hybridized carbons (Fsp3) is 0.478. The molecular formula is C23H28ClN3O5S2. The quantitative estimate of drug-likeness (QED) is 0.540. The van der Waals surface area contributed by atoms with Crippen LogP contribution in [0, 0.1) is 0 Å². The van der Waals surface area contributed by atoms with E-state index in [-0.39, 0.29) is 17.6 Å². The van der Waals surface area contributed by atoms with E-state index in [0.717, 1.165) is 10.4 Å². The third-order valence-electron chi connectivity index (χ3n) is 6.06. The second-order valence-corrected chi connectivity index (χ2v) is 12.1. The van der Waals surface area contributed by atoms with Crippen LogP contribution < -0.4 is 4.72 Å². The minimum atomic E-state index is -3.68. The van der Waals surface area contributed by atoms with E-state index >= 15 is 0 Å². The summed E-state index contributed by atoms with van der Waals surface area (Å²) in [5.41, 5.74) is 0.945. The van der Waals surface area contributed by atoms with Crippen LogP contribution >= 0.6 is 22.9 Å². The molecule has 2 fully saturated rings. The van der Waals surface area contributed by atoms with E-state index < -0.39 is 22.1 Å². The normalized spacial score (nSPS) is 20.0. The molecule has 0 bridgehead atoms. The second-order valence-electron chi connectivity index (χ2n) is 8.41. The number of ether oxygens (including phenoxy) is 1. The molecule has 184 valence electrons. The van der Waals surface area contributed by atoms with Crippen molar-refractivity contribution < 1.29 is 22.7 Å². The molecule has 2 aliphatic rings. The van der Waals surface area contributed by atoms with Gasteiger partial charge in [-0.2, -0.15) is 0 Å². The molecule has 2 aromatic rings. The summed E-state index contributed by atoms with van der Waals surface area (Å²) in [5.74, 6) is -0.614. The van der Waals surface area contributed by atoms with Gasteiger partial charge in [0.15, 0.2) is 0 Å². The van der Waals surface area contributed by atoms with Crippen molar-refractivity contribution >= 4 is 44.8 Å². The van der Waals surface area contributed by atoms with Gasteiger partial charge in [0.1, 0.15) is 12.1 Å². The number of benzene rings is 1. The number of hydrogen-bond donors (Lipinski definition) is 1. The van der Waals surface area contributed by atoms with Crippen LogP contribution in [0.25, 0.3) is 0 Å². The average molecular weight is 526 g/mol. The van der Waals surface area contributed by atoms with Crippen molar-refractivity contribution in [2.75, 3.05) is 38.6 Å². The molecule has 8 nitrogen and oxygen atoms in total. The van der Waals surface area contributed by atoms with Crippen LogP contribution in [0.2, 0.25) is 4.34 Å². The number of nitrogens with one attached hydrogen (secondary N) is 1. The maximum Gasteiger partial charge on any atom is 0.245 e. The first kappa shape index (κ1) is 25.1. The number of amides is 2. The van der Waals surface area contributed by atoms with Crippen LogP contribution in [0.15, 0.2) is 42.5 Å². The predicted molar refractivity (Wildman–Crippen MR) is 131 cm³/mol. The fourth-order valence-electron chi connectivity index (χ4n) is 4.28. The van der Waals surface area contributed by atoms with Crippen molar-refractivity contribution in [3.05, 3.63) is 57.2 Å². The van der Waals surface area contributed by atoms with E-state index in [1.165, 1.54) is 16.2 Å². The highest BCUT2D eigenvalue weighted by Gasteiger charge is 2.41. The lowest BCUT2D eigenvalue weighted by molar-refractivity contribution is -0.146. The Kier molecular flexibility index (Phi) is 8.26. The molecule has 11 heteroatoms. The first-order valence-electron chi connectivity index (χ1n) is 11.3. The molecule has 2 saturated heterocycles. The third kappa shape index (κ3) is 6.37. The van der Waals surface area contributed by atoms with Gasteiger partial charge in [0, 0.05) is 30.9 Å². The van der Waals surface area contributed by atoms with Gasteiger partial charge in [0.05, 0.1) is 23.3 Å². The zero-order chi connectivity index (χ0) is 24.1. The average Bonchev–Trinajstić information content (AvgIpc) is 3.42. The molecule has 0 radical (unpaired) electrons. The van der Waals surface area contributed by atoms with E-state index in [9.17, 15) is 18.0 Å². The molecule has 34 heavy (non-hydrogen) atoms. The molecule has 2 amide bonds. The molecule has 0 saturated carbocycles. The number of morpholine rings is 1. The number of likely N-dealkylation sites (tertiary alicyclic amines) is 1. The SMILES string of the molecule is O=C([C@H](Cc1ccccc1)N1CCC(NS(=O)(=O)CCc2ccc(Cl)s2)C1=O)N1CCOCC1. The number of nitrogens with zero attached hydrogens (tertiary/aromatic N) is 2. The molecule has 2 aliphatic heterocycles. The predicted octanol–water partition coefficient (Wildman–Crippen LogP) is 1.93. The van der Waals surface area contributed by atoms with Gasteiger partial charge in [0.25, 0.3) is 0 Å². The summed E-state index contributed by atoms with van der Waals surface area (Å²) >= 11 is 7.26. The Hall–Kier alpha value is -1.98. The second kappa shape index (κ2) is 11.2. The van der Waals surface area contributed by atoms with Crippen molar-refractivity contribution in [2.24, 2.45) is 0 Å². The lowest BCUT2D eigenvalue weighted by atomic mass is 10.0. The Labute approximate surface area is 208 Å². The smallest absolute Gasteiger partial charge is 0.245 e. The highest BCUT2D eigenvalue weighted by Crippen LogP contribution is 2.23. The van der Waals surface area contributed by atoms with Crippen LogP contribution in [0.5, 0.6) is 0 Å². The highest BCUT2D eigenvalue weighted by molar-refractivity contribution is 7.89. The number of carbonyl (C=O) groups is 2. The van der Waals surface area contributed by atoms with Crippen LogP contribution in [0.1, 0.15) is 16.9 Å². The van der Waals surface area contributed by atoms with E-state index in [2.05, 4.69) is 4.72 Å². The van der Waals surface area contributed by atoms with Crippen molar-refractivity contribution in [1.82, 2.24) is 14.5 Å². The molecular weight excluding hydrogens is 498 g/mol. The number of rotatable bonds is 9. The molecule has 1 aromatic carbocycles. The monoisotopic (exact) mass is 525 g/mol. The number of carbonyl (C=O) groups excluding carboxylic acids is 2. The van der Waals surface area contributed by atoms with Gasteiger partial charge < -0.3 is 14.5 Å². The standard InChI is InChI=1S/C23H28ClN3O5S2/c24-21-7-6-18(33-21)9-15-34(30,31)25-19-8-10-27(22(19)28)20(16-17-4-2-1-3-5-17)23(29)26-11-13-32-14-12-26/h1-7,19-20,25H,8-16H2/t19?,20-/m0/s1. The molecule has 0 spiro atoms. The van der Waals surface area contributed by atoms with Crippen molar-refractivity contribution in [1.29, 1.82) is 0 Å². The van der Waals surface area contributed by atoms with Crippen molar-refractivity contribution in [2.45, 2.75) is 31.3 Å². The van der Waals surface area contributed by atoms with Crippen molar-refractivity contribution in [3.63, 3.8) is 0 Å². The summed E-state index contributed by atoms with van der Waals surface area (Å²) in [5, 5.41) is 0. The minimum Gasteiger partial charge on any atom is -0.378 e. The summed E-state index contributed by atoms with van der Waals surface area (Å²) < 4.78 is 33.9. The van der Waals surface area contributed by atoms with Gasteiger partial charge in [-0.1, -0.05) is 41.9 Å². The first-order valence-corrected chi connectivity index (χ1v) is 14.1. The highest BCUT2D eigenvalue weighted by atomic mass is 35.5. The summed E-state index contributed by atoms with van der Waals surface area (Å²) in [6.45, 7) is 2.22. The Balaban J connectivity index is 1.44. The molecule has 1 unspecified atom stereocenters. The topological polar surface area (TPSA) is 96.0 Å². The number of hydrogen-bond acceptors (Lipinski definition) is 6. The van der Waals surface area contributed by atoms with Crippen LogP contribution in [0.4, 0.5) is 0 Å². The lowest BCUT2D eigenvalue weighted by Gasteiger charge is -2.34. The Morgan fingerprint density at radius 1 is 1.15 bits per heavy atom. The molecule has 1 N–H and O–H groups in total. The molecule has 1 aromatic heterocycles. The minimum absolute atomic E-state index is 0.126. The largest absolute Gasteiger partial charge is 0.378 e. The van der Waals surface area contributed by atoms with E-state index in [1.54, 1.807) is 17.0 Å². The molecule has 0 aliphatic carbocycles. The fourth-order valence-corrected chi connectivity index (χ4v) is 6.76. The van der Waals surface area contributed by atoms with E-state index in [0.29, 0.717) is 56.4 Å². The van der Waals surface area contributed by atoms with Gasteiger partial charge in [-0.05, 0) is 30.5 Å². The summed E-state index contributed by atoms with van der Waals surface area (Å²) in [6, 6.07) is 11.5. The van der Waals surface area contributed by atoms with Crippen LogP contribution in [-0.4, -0.2) is 80.7 Å². The summed E-state index contributed by atoms with van der Waals surface area (Å²) in [4.78, 5) is 30.8. The van der Waals surface area contributed by atoms with Gasteiger partial charge in [-0.25, -0.2) is 13.1 Å². The lowest BCUT2D eigenvalue weighted by Crippen LogP contribution is -2.54. The summed E-state index contributed by atoms with van der Waals surface area (Å²) in [7, 11) is -3.68. The third-order valence-corrected chi connectivity index (χ3v) is 8.74. The van der Waals surface area contributed by atoms with Crippen molar-refractivity contribution in [3.8, 4) is 0 Å². The maximum absolute atomic E-state index is 13.4. The zero-order valence-electron chi connectivity index (χ0n) is 18.7. The van der Waals surface area contributed by atoms with Gasteiger partial charge in [0.2, 0.25) is 21.8 Å².